The molecule has 0 saturated carbocycles. The van der Waals surface area contributed by atoms with E-state index in [0.717, 1.165) is 6.07 Å². The largest absolute Gasteiger partial charge is 0.454 e. The molecule has 0 N–H and O–H groups in total. The number of hydrogen-bond acceptors (Lipinski definition) is 6. The maximum Gasteiger partial charge on any atom is 0.338 e. The first-order chi connectivity index (χ1) is 10.9. The molecule has 0 bridgehead atoms. The summed E-state index contributed by atoms with van der Waals surface area (Å²) < 4.78 is 18.3. The Hall–Kier alpha value is -2.59. The highest BCUT2D eigenvalue weighted by molar-refractivity contribution is 7.09. The second-order valence-electron chi connectivity index (χ2n) is 4.90. The van der Waals surface area contributed by atoms with Crippen LogP contribution in [-0.2, 0) is 9.53 Å². The molecule has 118 valence electrons. The van der Waals surface area contributed by atoms with Gasteiger partial charge in [0.1, 0.15) is 10.8 Å². The van der Waals surface area contributed by atoms with Crippen molar-refractivity contribution in [3.05, 3.63) is 51.2 Å². The molecule has 0 fully saturated rings. The third-order valence-corrected chi connectivity index (χ3v) is 4.12. The van der Waals surface area contributed by atoms with E-state index in [9.17, 15) is 14.0 Å². The molecule has 1 heterocycles. The highest BCUT2D eigenvalue weighted by Crippen LogP contribution is 2.21. The van der Waals surface area contributed by atoms with Crippen LogP contribution in [-0.4, -0.2) is 23.3 Å². The van der Waals surface area contributed by atoms with Gasteiger partial charge < -0.3 is 4.74 Å². The lowest BCUT2D eigenvalue weighted by atomic mass is 10.1. The molecule has 0 spiro atoms. The number of rotatable bonds is 5. The average molecular weight is 332 g/mol. The number of benzene rings is 1. The number of aryl methyl sites for hydroxylation is 2. The van der Waals surface area contributed by atoms with E-state index < -0.39 is 30.1 Å². The molecule has 2 aromatic rings. The van der Waals surface area contributed by atoms with Crippen molar-refractivity contribution >= 4 is 23.1 Å². The standard InChI is InChI=1S/C16H13FN2O3S/c1-9-3-4-11(5-13(9)17)16(21)22-7-14(20)12(6-18)15-19-10(2)8-23-15/h3-5,8,12H,7H2,1-2H3/t12-/m1/s1. The minimum absolute atomic E-state index is 0.0134. The lowest BCUT2D eigenvalue weighted by molar-refractivity contribution is -0.122. The summed E-state index contributed by atoms with van der Waals surface area (Å²) in [5.41, 5.74) is 1.13. The molecule has 7 heteroatoms. The Morgan fingerprint density at radius 2 is 2.17 bits per heavy atom. The highest BCUT2D eigenvalue weighted by atomic mass is 32.1. The van der Waals surface area contributed by atoms with Gasteiger partial charge in [-0.2, -0.15) is 5.26 Å². The van der Waals surface area contributed by atoms with Crippen molar-refractivity contribution in [1.82, 2.24) is 4.98 Å². The number of ketones is 1. The predicted molar refractivity (Wildman–Crippen MR) is 81.6 cm³/mol. The number of hydrogen-bond donors (Lipinski definition) is 0. The number of Topliss-reactive ketones (excluding diaryl/α,β-unsaturated/α-hetero) is 1. The number of esters is 1. The summed E-state index contributed by atoms with van der Waals surface area (Å²) in [6.45, 7) is 2.76. The monoisotopic (exact) mass is 332 g/mol. The van der Waals surface area contributed by atoms with Gasteiger partial charge in [-0.25, -0.2) is 14.2 Å². The zero-order valence-corrected chi connectivity index (χ0v) is 13.3. The molecule has 5 nitrogen and oxygen atoms in total. The molecule has 0 aliphatic rings. The number of ether oxygens (including phenoxy) is 1. The summed E-state index contributed by atoms with van der Waals surface area (Å²) in [6, 6.07) is 5.77. The van der Waals surface area contributed by atoms with Gasteiger partial charge in [-0.3, -0.25) is 4.79 Å². The van der Waals surface area contributed by atoms with Crippen molar-refractivity contribution in [3.8, 4) is 6.07 Å². The lowest BCUT2D eigenvalue weighted by Gasteiger charge is -2.07. The van der Waals surface area contributed by atoms with Crippen molar-refractivity contribution < 1.29 is 18.7 Å². The van der Waals surface area contributed by atoms with Crippen LogP contribution >= 0.6 is 11.3 Å². The molecule has 0 radical (unpaired) electrons. The van der Waals surface area contributed by atoms with Crippen LogP contribution in [0.15, 0.2) is 23.6 Å². The summed E-state index contributed by atoms with van der Waals surface area (Å²) in [5, 5.41) is 11.2. The van der Waals surface area contributed by atoms with E-state index in [0.29, 0.717) is 16.3 Å². The minimum Gasteiger partial charge on any atom is -0.454 e. The van der Waals surface area contributed by atoms with Gasteiger partial charge in [-0.05, 0) is 31.5 Å². The Kier molecular flexibility index (Phi) is 5.19. The molecule has 1 aromatic carbocycles. The van der Waals surface area contributed by atoms with E-state index in [1.165, 1.54) is 23.5 Å². The van der Waals surface area contributed by atoms with E-state index in [-0.39, 0.29) is 5.56 Å². The number of carbonyl (C=O) groups excluding carboxylic acids is 2. The van der Waals surface area contributed by atoms with Gasteiger partial charge in [0.05, 0.1) is 11.6 Å². The van der Waals surface area contributed by atoms with Crippen molar-refractivity contribution in [2.45, 2.75) is 19.8 Å². The van der Waals surface area contributed by atoms with Gasteiger partial charge in [-0.15, -0.1) is 11.3 Å². The molecular weight excluding hydrogens is 319 g/mol. The number of carbonyl (C=O) groups is 2. The first kappa shape index (κ1) is 16.8. The third kappa shape index (κ3) is 3.99. The maximum absolute atomic E-state index is 13.4. The first-order valence-corrected chi connectivity index (χ1v) is 7.58. The Morgan fingerprint density at radius 3 is 2.74 bits per heavy atom. The van der Waals surface area contributed by atoms with Crippen molar-refractivity contribution in [3.63, 3.8) is 0 Å². The van der Waals surface area contributed by atoms with Gasteiger partial charge in [0.2, 0.25) is 0 Å². The Balaban J connectivity index is 2.01. The molecule has 0 amide bonds. The second kappa shape index (κ2) is 7.11. The fourth-order valence-electron chi connectivity index (χ4n) is 1.79. The number of nitriles is 1. The van der Waals surface area contributed by atoms with Crippen LogP contribution in [0.4, 0.5) is 4.39 Å². The van der Waals surface area contributed by atoms with Crippen molar-refractivity contribution in [2.75, 3.05) is 6.61 Å². The topological polar surface area (TPSA) is 80.0 Å². The lowest BCUT2D eigenvalue weighted by Crippen LogP contribution is -2.20. The zero-order valence-electron chi connectivity index (χ0n) is 12.5. The van der Waals surface area contributed by atoms with Crippen LogP contribution in [0.5, 0.6) is 0 Å². The van der Waals surface area contributed by atoms with Gasteiger partial charge in [0, 0.05) is 11.1 Å². The zero-order chi connectivity index (χ0) is 17.0. The number of aromatic nitrogens is 1. The van der Waals surface area contributed by atoms with Gasteiger partial charge in [0.15, 0.2) is 18.3 Å². The Bertz CT molecular complexity index is 795. The molecule has 0 aliphatic carbocycles. The fraction of sp³-hybridized carbons (Fsp3) is 0.250. The van der Waals surface area contributed by atoms with Crippen LogP contribution in [0.2, 0.25) is 0 Å². The smallest absolute Gasteiger partial charge is 0.338 e. The van der Waals surface area contributed by atoms with Crippen LogP contribution in [0.1, 0.15) is 32.5 Å². The Morgan fingerprint density at radius 1 is 1.43 bits per heavy atom. The molecule has 0 saturated heterocycles. The summed E-state index contributed by atoms with van der Waals surface area (Å²) in [5.74, 6) is -2.98. The fourth-order valence-corrected chi connectivity index (χ4v) is 2.65. The van der Waals surface area contributed by atoms with Crippen LogP contribution in [0.3, 0.4) is 0 Å². The van der Waals surface area contributed by atoms with Gasteiger partial charge in [0.25, 0.3) is 0 Å². The predicted octanol–water partition coefficient (Wildman–Crippen LogP) is 2.93. The first-order valence-electron chi connectivity index (χ1n) is 6.70. The van der Waals surface area contributed by atoms with E-state index in [1.54, 1.807) is 19.2 Å². The summed E-state index contributed by atoms with van der Waals surface area (Å²) >= 11 is 1.20. The number of halogens is 1. The number of thiazole rings is 1. The van der Waals surface area contributed by atoms with E-state index >= 15 is 0 Å². The molecular formula is C16H13FN2O3S. The Labute approximate surface area is 136 Å². The van der Waals surface area contributed by atoms with E-state index in [1.807, 2.05) is 6.07 Å². The summed E-state index contributed by atoms with van der Waals surface area (Å²) in [7, 11) is 0. The quantitative estimate of drug-likeness (QED) is 0.787. The van der Waals surface area contributed by atoms with Gasteiger partial charge in [-0.1, -0.05) is 6.07 Å². The molecule has 1 aromatic heterocycles. The van der Waals surface area contributed by atoms with E-state index in [4.69, 9.17) is 10.00 Å². The van der Waals surface area contributed by atoms with Crippen molar-refractivity contribution in [2.24, 2.45) is 0 Å². The van der Waals surface area contributed by atoms with Crippen LogP contribution in [0, 0.1) is 31.0 Å². The highest BCUT2D eigenvalue weighted by Gasteiger charge is 2.24. The molecule has 2 rings (SSSR count). The van der Waals surface area contributed by atoms with Crippen LogP contribution < -0.4 is 0 Å². The van der Waals surface area contributed by atoms with E-state index in [2.05, 4.69) is 4.98 Å². The maximum atomic E-state index is 13.4. The van der Waals surface area contributed by atoms with Crippen LogP contribution in [0.25, 0.3) is 0 Å². The minimum atomic E-state index is -1.07. The second-order valence-corrected chi connectivity index (χ2v) is 5.79. The van der Waals surface area contributed by atoms with Crippen molar-refractivity contribution in [1.29, 1.82) is 5.26 Å². The summed E-state index contributed by atoms with van der Waals surface area (Å²) in [6.07, 6.45) is 0. The molecule has 0 unspecified atom stereocenters. The average Bonchev–Trinajstić information content (AvgIpc) is 2.94. The normalized spacial score (nSPS) is 11.6. The third-order valence-electron chi connectivity index (χ3n) is 3.09. The molecule has 1 atom stereocenters. The summed E-state index contributed by atoms with van der Waals surface area (Å²) in [4.78, 5) is 28.0. The molecule has 0 aliphatic heterocycles. The SMILES string of the molecule is Cc1csc([C@H](C#N)C(=O)COC(=O)c2ccc(C)c(F)c2)n1. The van der Waals surface area contributed by atoms with Gasteiger partial charge >= 0.3 is 5.97 Å². The number of nitrogens with zero attached hydrogens (tertiary/aromatic N) is 2. The molecule has 23 heavy (non-hydrogen) atoms.